The first kappa shape index (κ1) is 13.6. The van der Waals surface area contributed by atoms with Gasteiger partial charge in [-0.3, -0.25) is 0 Å². The van der Waals surface area contributed by atoms with E-state index in [0.29, 0.717) is 6.61 Å². The highest BCUT2D eigenvalue weighted by molar-refractivity contribution is 9.11. The molecule has 0 aliphatic heterocycles. The summed E-state index contributed by atoms with van der Waals surface area (Å²) in [5.41, 5.74) is 1.19. The highest BCUT2D eigenvalue weighted by Gasteiger charge is 2.09. The third-order valence-electron chi connectivity index (χ3n) is 2.82. The molecule has 0 radical (unpaired) electrons. The lowest BCUT2D eigenvalue weighted by Crippen LogP contribution is -2.13. The van der Waals surface area contributed by atoms with Gasteiger partial charge in [-0.2, -0.15) is 0 Å². The lowest BCUT2D eigenvalue weighted by molar-refractivity contribution is 0.304. The zero-order valence-corrected chi connectivity index (χ0v) is 12.8. The summed E-state index contributed by atoms with van der Waals surface area (Å²) in [6, 6.07) is 12.6. The van der Waals surface area contributed by atoms with E-state index in [4.69, 9.17) is 4.74 Å². The van der Waals surface area contributed by atoms with Crippen molar-refractivity contribution in [3.63, 3.8) is 0 Å². The van der Waals surface area contributed by atoms with Gasteiger partial charge in [0.05, 0.1) is 3.79 Å². The molecule has 0 aliphatic carbocycles. The first-order valence-electron chi connectivity index (χ1n) is 5.84. The molecule has 1 atom stereocenters. The van der Waals surface area contributed by atoms with Crippen LogP contribution in [0.5, 0.6) is 5.75 Å². The number of para-hydroxylation sites is 1. The zero-order valence-electron chi connectivity index (χ0n) is 10.4. The van der Waals surface area contributed by atoms with Gasteiger partial charge in [0.2, 0.25) is 0 Å². The first-order chi connectivity index (χ1) is 8.70. The largest absolute Gasteiger partial charge is 0.488 e. The van der Waals surface area contributed by atoms with Gasteiger partial charge in [-0.1, -0.05) is 18.2 Å². The molecule has 0 aliphatic rings. The molecule has 2 nitrogen and oxygen atoms in total. The Labute approximate surface area is 120 Å². The standard InChI is InChI=1S/C14H16BrNOS/c1-10(16-2)12-5-3-4-6-13(12)17-9-11-7-8-14(15)18-11/h3-8,10,16H,9H2,1-2H3. The van der Waals surface area contributed by atoms with Gasteiger partial charge in [0.1, 0.15) is 12.4 Å². The van der Waals surface area contributed by atoms with Crippen LogP contribution in [0.3, 0.4) is 0 Å². The fourth-order valence-corrected chi connectivity index (χ4v) is 3.10. The average Bonchev–Trinajstić information content (AvgIpc) is 2.81. The average molecular weight is 326 g/mol. The highest BCUT2D eigenvalue weighted by Crippen LogP contribution is 2.27. The molecule has 18 heavy (non-hydrogen) atoms. The van der Waals surface area contributed by atoms with E-state index in [-0.39, 0.29) is 6.04 Å². The van der Waals surface area contributed by atoms with Crippen molar-refractivity contribution in [2.75, 3.05) is 7.05 Å². The molecule has 1 aromatic heterocycles. The Morgan fingerprint density at radius 1 is 1.28 bits per heavy atom. The van der Waals surface area contributed by atoms with Gasteiger partial charge in [-0.15, -0.1) is 11.3 Å². The van der Waals surface area contributed by atoms with Crippen molar-refractivity contribution in [3.05, 3.63) is 50.6 Å². The fraction of sp³-hybridized carbons (Fsp3) is 0.286. The van der Waals surface area contributed by atoms with Crippen LogP contribution in [-0.2, 0) is 6.61 Å². The van der Waals surface area contributed by atoms with Gasteiger partial charge in [-0.05, 0) is 48.1 Å². The van der Waals surface area contributed by atoms with Gasteiger partial charge in [0, 0.05) is 16.5 Å². The Bertz CT molecular complexity index is 512. The van der Waals surface area contributed by atoms with E-state index in [0.717, 1.165) is 9.54 Å². The molecule has 96 valence electrons. The van der Waals surface area contributed by atoms with Crippen LogP contribution in [0.2, 0.25) is 0 Å². The van der Waals surface area contributed by atoms with Gasteiger partial charge >= 0.3 is 0 Å². The predicted octanol–water partition coefficient (Wildman–Crippen LogP) is 4.37. The van der Waals surface area contributed by atoms with Crippen LogP contribution in [0, 0.1) is 0 Å². The Hall–Kier alpha value is -0.840. The topological polar surface area (TPSA) is 21.3 Å². The summed E-state index contributed by atoms with van der Waals surface area (Å²) >= 11 is 5.16. The number of thiophene rings is 1. The molecule has 0 bridgehead atoms. The summed E-state index contributed by atoms with van der Waals surface area (Å²) in [6.45, 7) is 2.74. The first-order valence-corrected chi connectivity index (χ1v) is 7.45. The maximum Gasteiger partial charge on any atom is 0.124 e. The van der Waals surface area contributed by atoms with Crippen molar-refractivity contribution >= 4 is 27.3 Å². The van der Waals surface area contributed by atoms with Crippen LogP contribution < -0.4 is 10.1 Å². The molecular weight excluding hydrogens is 310 g/mol. The third-order valence-corrected chi connectivity index (χ3v) is 4.41. The summed E-state index contributed by atoms with van der Waals surface area (Å²) < 4.78 is 7.05. The molecule has 0 saturated heterocycles. The lowest BCUT2D eigenvalue weighted by atomic mass is 10.1. The number of nitrogens with one attached hydrogen (secondary N) is 1. The normalized spacial score (nSPS) is 12.4. The maximum atomic E-state index is 5.91. The summed E-state index contributed by atoms with van der Waals surface area (Å²) in [7, 11) is 1.96. The molecule has 1 unspecified atom stereocenters. The molecule has 0 fully saturated rings. The second-order valence-corrected chi connectivity index (χ2v) is 6.59. The van der Waals surface area contributed by atoms with Crippen molar-refractivity contribution < 1.29 is 4.74 Å². The van der Waals surface area contributed by atoms with E-state index in [9.17, 15) is 0 Å². The lowest BCUT2D eigenvalue weighted by Gasteiger charge is -2.15. The Balaban J connectivity index is 2.09. The number of benzene rings is 1. The number of hydrogen-bond acceptors (Lipinski definition) is 3. The number of halogens is 1. The molecule has 4 heteroatoms. The summed E-state index contributed by atoms with van der Waals surface area (Å²) in [5, 5.41) is 3.24. The molecular formula is C14H16BrNOS. The molecule has 0 saturated carbocycles. The number of ether oxygens (including phenoxy) is 1. The van der Waals surface area contributed by atoms with Gasteiger partial charge in [-0.25, -0.2) is 0 Å². The van der Waals surface area contributed by atoms with Crippen molar-refractivity contribution in [1.82, 2.24) is 5.32 Å². The minimum atomic E-state index is 0.288. The molecule has 0 spiro atoms. The van der Waals surface area contributed by atoms with E-state index in [2.05, 4.69) is 40.3 Å². The van der Waals surface area contributed by atoms with Crippen molar-refractivity contribution in [2.45, 2.75) is 19.6 Å². The minimum absolute atomic E-state index is 0.288. The predicted molar refractivity (Wildman–Crippen MR) is 80.3 cm³/mol. The number of rotatable bonds is 5. The fourth-order valence-electron chi connectivity index (χ4n) is 1.70. The monoisotopic (exact) mass is 325 g/mol. The molecule has 0 amide bonds. The third kappa shape index (κ3) is 3.34. The quantitative estimate of drug-likeness (QED) is 0.881. The Morgan fingerprint density at radius 2 is 2.06 bits per heavy atom. The van der Waals surface area contributed by atoms with E-state index >= 15 is 0 Å². The van der Waals surface area contributed by atoms with Crippen molar-refractivity contribution in [3.8, 4) is 5.75 Å². The summed E-state index contributed by atoms with van der Waals surface area (Å²) in [4.78, 5) is 1.22. The van der Waals surface area contributed by atoms with Crippen LogP contribution >= 0.6 is 27.3 Å². The maximum absolute atomic E-state index is 5.91. The SMILES string of the molecule is CNC(C)c1ccccc1OCc1ccc(Br)s1. The molecule has 1 aromatic carbocycles. The second-order valence-electron chi connectivity index (χ2n) is 4.04. The summed E-state index contributed by atoms with van der Waals surface area (Å²) in [5.74, 6) is 0.948. The molecule has 1 N–H and O–H groups in total. The molecule has 2 aromatic rings. The van der Waals surface area contributed by atoms with E-state index in [1.165, 1.54) is 10.4 Å². The van der Waals surface area contributed by atoms with Crippen LogP contribution in [0.4, 0.5) is 0 Å². The highest BCUT2D eigenvalue weighted by atomic mass is 79.9. The van der Waals surface area contributed by atoms with E-state index < -0.39 is 0 Å². The molecule has 2 rings (SSSR count). The zero-order chi connectivity index (χ0) is 13.0. The van der Waals surface area contributed by atoms with Crippen LogP contribution in [-0.4, -0.2) is 7.05 Å². The van der Waals surface area contributed by atoms with Crippen LogP contribution in [0.15, 0.2) is 40.2 Å². The second kappa shape index (κ2) is 6.36. The van der Waals surface area contributed by atoms with Crippen molar-refractivity contribution in [2.24, 2.45) is 0 Å². The van der Waals surface area contributed by atoms with Gasteiger partial charge in [0.15, 0.2) is 0 Å². The van der Waals surface area contributed by atoms with E-state index in [1.807, 2.05) is 31.3 Å². The van der Waals surface area contributed by atoms with Gasteiger partial charge in [0.25, 0.3) is 0 Å². The smallest absolute Gasteiger partial charge is 0.124 e. The van der Waals surface area contributed by atoms with Crippen LogP contribution in [0.1, 0.15) is 23.4 Å². The number of hydrogen-bond donors (Lipinski definition) is 1. The van der Waals surface area contributed by atoms with Gasteiger partial charge < -0.3 is 10.1 Å². The summed E-state index contributed by atoms with van der Waals surface area (Å²) in [6.07, 6.45) is 0. The Morgan fingerprint density at radius 3 is 2.72 bits per heavy atom. The van der Waals surface area contributed by atoms with Crippen molar-refractivity contribution in [1.29, 1.82) is 0 Å². The van der Waals surface area contributed by atoms with Crippen LogP contribution in [0.25, 0.3) is 0 Å². The Kier molecular flexibility index (Phi) is 4.80. The molecule has 1 heterocycles. The minimum Gasteiger partial charge on any atom is -0.488 e. The van der Waals surface area contributed by atoms with E-state index in [1.54, 1.807) is 11.3 Å².